The van der Waals surface area contributed by atoms with Gasteiger partial charge in [-0.05, 0) is 48.5 Å². The van der Waals surface area contributed by atoms with Crippen LogP contribution >= 0.6 is 23.2 Å². The maximum atomic E-state index is 11.9. The largest absolute Gasteiger partial charge is 0.326 e. The van der Waals surface area contributed by atoms with E-state index in [9.17, 15) is 13.2 Å². The van der Waals surface area contributed by atoms with Crippen LogP contribution in [0.4, 0.5) is 5.69 Å². The van der Waals surface area contributed by atoms with Crippen molar-refractivity contribution in [1.82, 2.24) is 19.7 Å². The second-order valence-corrected chi connectivity index (χ2v) is 9.99. The first-order chi connectivity index (χ1) is 15.6. The molecule has 33 heavy (non-hydrogen) atoms. The van der Waals surface area contributed by atoms with Crippen molar-refractivity contribution in [2.45, 2.75) is 11.8 Å². The number of aromatic nitrogens is 4. The standard InChI is InChI=1S/C22H17Cl2N5O3S/c1-13(30)26-15-4-3-5-16(11-15)29-22(18-7-6-17(12-19(18)23)33(2,31)32)27-21(28-29)14-8-9-25-20(24)10-14/h3-12H,1-2H3,(H,26,30). The molecule has 2 aromatic carbocycles. The lowest BCUT2D eigenvalue weighted by molar-refractivity contribution is -0.114. The second kappa shape index (κ2) is 8.93. The van der Waals surface area contributed by atoms with Crippen LogP contribution in [0, 0.1) is 0 Å². The highest BCUT2D eigenvalue weighted by Gasteiger charge is 2.19. The summed E-state index contributed by atoms with van der Waals surface area (Å²) < 4.78 is 25.4. The Bertz CT molecular complexity index is 1490. The Morgan fingerprint density at radius 1 is 1.06 bits per heavy atom. The van der Waals surface area contributed by atoms with Crippen molar-refractivity contribution in [1.29, 1.82) is 0 Å². The lowest BCUT2D eigenvalue weighted by Crippen LogP contribution is -2.07. The molecule has 0 aliphatic heterocycles. The molecule has 0 saturated heterocycles. The van der Waals surface area contributed by atoms with Gasteiger partial charge in [0.15, 0.2) is 21.5 Å². The third-order valence-electron chi connectivity index (χ3n) is 4.61. The molecule has 2 aromatic heterocycles. The Labute approximate surface area is 200 Å². The first kappa shape index (κ1) is 22.9. The number of halogens is 2. The molecule has 0 unspecified atom stereocenters. The minimum Gasteiger partial charge on any atom is -0.326 e. The zero-order valence-electron chi connectivity index (χ0n) is 17.5. The van der Waals surface area contributed by atoms with Crippen molar-refractivity contribution in [3.63, 3.8) is 0 Å². The van der Waals surface area contributed by atoms with Crippen LogP contribution in [0.1, 0.15) is 6.92 Å². The second-order valence-electron chi connectivity index (χ2n) is 7.18. The van der Waals surface area contributed by atoms with Gasteiger partial charge in [-0.2, -0.15) is 0 Å². The van der Waals surface area contributed by atoms with Gasteiger partial charge in [0.25, 0.3) is 0 Å². The molecule has 0 radical (unpaired) electrons. The SMILES string of the molecule is CC(=O)Nc1cccc(-n2nc(-c3ccnc(Cl)c3)nc2-c2ccc(S(C)(=O)=O)cc2Cl)c1. The third-order valence-corrected chi connectivity index (χ3v) is 6.24. The molecule has 1 amide bonds. The van der Waals surface area contributed by atoms with Crippen molar-refractivity contribution >= 4 is 44.6 Å². The molecule has 8 nitrogen and oxygen atoms in total. The smallest absolute Gasteiger partial charge is 0.221 e. The van der Waals surface area contributed by atoms with E-state index in [1.807, 2.05) is 0 Å². The predicted molar refractivity (Wildman–Crippen MR) is 127 cm³/mol. The number of pyridine rings is 1. The first-order valence-corrected chi connectivity index (χ1v) is 12.2. The maximum Gasteiger partial charge on any atom is 0.221 e. The van der Waals surface area contributed by atoms with Crippen molar-refractivity contribution in [3.05, 3.63) is 71.0 Å². The minimum absolute atomic E-state index is 0.0936. The highest BCUT2D eigenvalue weighted by Crippen LogP contribution is 2.33. The van der Waals surface area contributed by atoms with E-state index in [2.05, 4.69) is 20.4 Å². The van der Waals surface area contributed by atoms with E-state index in [0.717, 1.165) is 6.26 Å². The number of carbonyl (C=O) groups excluding carboxylic acids is 1. The number of nitrogens with one attached hydrogen (secondary N) is 1. The fraction of sp³-hybridized carbons (Fsp3) is 0.0909. The molecule has 168 valence electrons. The zero-order valence-corrected chi connectivity index (χ0v) is 19.8. The highest BCUT2D eigenvalue weighted by atomic mass is 35.5. The van der Waals surface area contributed by atoms with E-state index in [1.54, 1.807) is 53.3 Å². The normalized spacial score (nSPS) is 11.4. The summed E-state index contributed by atoms with van der Waals surface area (Å²) in [6.45, 7) is 1.42. The Morgan fingerprint density at radius 2 is 1.85 bits per heavy atom. The van der Waals surface area contributed by atoms with E-state index in [-0.39, 0.29) is 21.0 Å². The molecule has 0 aliphatic carbocycles. The summed E-state index contributed by atoms with van der Waals surface area (Å²) in [6, 6.07) is 14.8. The maximum absolute atomic E-state index is 11.9. The molecule has 11 heteroatoms. The number of carbonyl (C=O) groups is 1. The summed E-state index contributed by atoms with van der Waals surface area (Å²) in [5.74, 6) is 0.530. The lowest BCUT2D eigenvalue weighted by Gasteiger charge is -2.10. The van der Waals surface area contributed by atoms with Crippen molar-refractivity contribution in [3.8, 4) is 28.5 Å². The Hall–Kier alpha value is -3.27. The van der Waals surface area contributed by atoms with Gasteiger partial charge in [0.05, 0.1) is 15.6 Å². The van der Waals surface area contributed by atoms with Gasteiger partial charge in [0, 0.05) is 36.2 Å². The average Bonchev–Trinajstić information content (AvgIpc) is 3.18. The average molecular weight is 502 g/mol. The number of nitrogens with zero attached hydrogens (tertiary/aromatic N) is 4. The summed E-state index contributed by atoms with van der Waals surface area (Å²) in [5, 5.41) is 7.85. The van der Waals surface area contributed by atoms with Gasteiger partial charge < -0.3 is 5.32 Å². The Kier molecular flexibility index (Phi) is 6.20. The van der Waals surface area contributed by atoms with Gasteiger partial charge in [0.2, 0.25) is 5.91 Å². The molecule has 0 atom stereocenters. The molecule has 4 rings (SSSR count). The first-order valence-electron chi connectivity index (χ1n) is 9.59. The van der Waals surface area contributed by atoms with Crippen LogP contribution in [0.2, 0.25) is 10.2 Å². The van der Waals surface area contributed by atoms with Crippen LogP contribution in [-0.4, -0.2) is 40.3 Å². The molecule has 0 bridgehead atoms. The predicted octanol–water partition coefficient (Wildman–Crippen LogP) is 4.67. The zero-order chi connectivity index (χ0) is 23.8. The fourth-order valence-corrected chi connectivity index (χ4v) is 4.31. The van der Waals surface area contributed by atoms with E-state index < -0.39 is 9.84 Å². The Balaban J connectivity index is 1.92. The van der Waals surface area contributed by atoms with Gasteiger partial charge in [-0.25, -0.2) is 23.1 Å². The number of hydrogen-bond donors (Lipinski definition) is 1. The van der Waals surface area contributed by atoms with Gasteiger partial charge in [-0.15, -0.1) is 5.10 Å². The molecular formula is C22H17Cl2N5O3S. The number of amides is 1. The molecule has 4 aromatic rings. The molecule has 0 saturated carbocycles. The van der Waals surface area contributed by atoms with Crippen LogP contribution in [0.5, 0.6) is 0 Å². The van der Waals surface area contributed by atoms with Crippen LogP contribution in [0.15, 0.2) is 65.7 Å². The summed E-state index contributed by atoms with van der Waals surface area (Å²) in [4.78, 5) is 20.2. The summed E-state index contributed by atoms with van der Waals surface area (Å²) in [5.41, 5.74) is 2.30. The van der Waals surface area contributed by atoms with E-state index in [0.29, 0.717) is 34.2 Å². The van der Waals surface area contributed by atoms with E-state index in [1.165, 1.54) is 19.1 Å². The van der Waals surface area contributed by atoms with Crippen molar-refractivity contribution < 1.29 is 13.2 Å². The van der Waals surface area contributed by atoms with Gasteiger partial charge in [0.1, 0.15) is 5.15 Å². The number of sulfone groups is 1. The van der Waals surface area contributed by atoms with Gasteiger partial charge in [-0.1, -0.05) is 29.3 Å². The molecular weight excluding hydrogens is 485 g/mol. The number of hydrogen-bond acceptors (Lipinski definition) is 6. The topological polar surface area (TPSA) is 107 Å². The van der Waals surface area contributed by atoms with Crippen LogP contribution in [0.25, 0.3) is 28.5 Å². The summed E-state index contributed by atoms with van der Waals surface area (Å²) in [6.07, 6.45) is 2.66. The fourth-order valence-electron chi connectivity index (χ4n) is 3.16. The van der Waals surface area contributed by atoms with Gasteiger partial charge >= 0.3 is 0 Å². The van der Waals surface area contributed by atoms with Crippen LogP contribution in [-0.2, 0) is 14.6 Å². The molecule has 0 spiro atoms. The van der Waals surface area contributed by atoms with Crippen LogP contribution < -0.4 is 5.32 Å². The monoisotopic (exact) mass is 501 g/mol. The van der Waals surface area contributed by atoms with E-state index >= 15 is 0 Å². The lowest BCUT2D eigenvalue weighted by atomic mass is 10.2. The van der Waals surface area contributed by atoms with Crippen molar-refractivity contribution in [2.24, 2.45) is 0 Å². The number of anilines is 1. The number of benzene rings is 2. The summed E-state index contributed by atoms with van der Waals surface area (Å²) in [7, 11) is -3.44. The quantitative estimate of drug-likeness (QED) is 0.398. The number of rotatable bonds is 5. The molecule has 2 heterocycles. The van der Waals surface area contributed by atoms with Crippen LogP contribution in [0.3, 0.4) is 0 Å². The summed E-state index contributed by atoms with van der Waals surface area (Å²) >= 11 is 12.5. The van der Waals surface area contributed by atoms with E-state index in [4.69, 9.17) is 23.2 Å². The molecule has 0 aliphatic rings. The minimum atomic E-state index is -3.44. The Morgan fingerprint density at radius 3 is 2.52 bits per heavy atom. The molecule has 1 N–H and O–H groups in total. The highest BCUT2D eigenvalue weighted by molar-refractivity contribution is 7.90. The third kappa shape index (κ3) is 5.05. The van der Waals surface area contributed by atoms with Gasteiger partial charge in [-0.3, -0.25) is 4.79 Å². The molecule has 0 fully saturated rings. The van der Waals surface area contributed by atoms with Crippen molar-refractivity contribution in [2.75, 3.05) is 11.6 Å².